The van der Waals surface area contributed by atoms with Gasteiger partial charge < -0.3 is 0 Å². The fraction of sp³-hybridized carbons (Fsp3) is 0.312. The van der Waals surface area contributed by atoms with E-state index in [1.54, 1.807) is 30.3 Å². The number of carbonyl (C=O) groups excluding carboxylic acids is 3. The average molecular weight is 269 g/mol. The summed E-state index contributed by atoms with van der Waals surface area (Å²) in [5.41, 5.74) is 1.49. The summed E-state index contributed by atoms with van der Waals surface area (Å²) >= 11 is 0. The molecule has 0 bridgehead atoms. The normalized spacial score (nSPS) is 25.4. The van der Waals surface area contributed by atoms with Crippen LogP contribution < -0.4 is 0 Å². The van der Waals surface area contributed by atoms with Gasteiger partial charge in [0.15, 0.2) is 0 Å². The molecule has 1 aliphatic heterocycles. The van der Waals surface area contributed by atoms with Gasteiger partial charge in [-0.15, -0.1) is 0 Å². The minimum Gasteiger partial charge on any atom is -0.274 e. The molecule has 0 N–H and O–H groups in total. The van der Waals surface area contributed by atoms with Crippen molar-refractivity contribution in [1.29, 1.82) is 0 Å². The lowest BCUT2D eigenvalue weighted by Crippen LogP contribution is -2.37. The van der Waals surface area contributed by atoms with E-state index in [1.807, 2.05) is 13.0 Å². The van der Waals surface area contributed by atoms with Crippen LogP contribution in [0.1, 0.15) is 30.1 Å². The maximum absolute atomic E-state index is 12.4. The summed E-state index contributed by atoms with van der Waals surface area (Å²) in [5, 5.41) is 0. The van der Waals surface area contributed by atoms with Gasteiger partial charge in [0, 0.05) is 5.56 Å². The number of allylic oxidation sites excluding steroid dienone is 2. The molecule has 1 saturated heterocycles. The van der Waals surface area contributed by atoms with Crippen molar-refractivity contribution in [3.8, 4) is 0 Å². The number of rotatable bonds is 1. The number of likely N-dealkylation sites (tertiary alicyclic amines) is 1. The van der Waals surface area contributed by atoms with E-state index < -0.39 is 5.91 Å². The zero-order chi connectivity index (χ0) is 14.3. The quantitative estimate of drug-likeness (QED) is 0.580. The lowest BCUT2D eigenvalue weighted by molar-refractivity contribution is -0.136. The SMILES string of the molecule is CC1=CCC2C(=O)N(C(=O)c3ccccc3)C(=O)C2C1. The Balaban J connectivity index is 1.91. The first kappa shape index (κ1) is 12.8. The number of fused-ring (bicyclic) bond motifs is 1. The zero-order valence-corrected chi connectivity index (χ0v) is 11.2. The molecule has 0 spiro atoms. The highest BCUT2D eigenvalue weighted by Gasteiger charge is 2.50. The van der Waals surface area contributed by atoms with E-state index in [1.165, 1.54) is 0 Å². The lowest BCUT2D eigenvalue weighted by Gasteiger charge is -2.18. The summed E-state index contributed by atoms with van der Waals surface area (Å²) in [6.07, 6.45) is 3.12. The molecule has 1 aliphatic carbocycles. The smallest absolute Gasteiger partial charge is 0.267 e. The largest absolute Gasteiger partial charge is 0.274 e. The second kappa shape index (κ2) is 4.71. The van der Waals surface area contributed by atoms with Crippen LogP contribution in [0.2, 0.25) is 0 Å². The third-order valence-electron chi connectivity index (χ3n) is 4.05. The zero-order valence-electron chi connectivity index (χ0n) is 11.2. The van der Waals surface area contributed by atoms with Gasteiger partial charge >= 0.3 is 0 Å². The van der Waals surface area contributed by atoms with Crippen LogP contribution >= 0.6 is 0 Å². The van der Waals surface area contributed by atoms with Gasteiger partial charge in [-0.05, 0) is 31.9 Å². The van der Waals surface area contributed by atoms with Crippen LogP contribution in [0.15, 0.2) is 42.0 Å². The van der Waals surface area contributed by atoms with E-state index in [2.05, 4.69) is 0 Å². The van der Waals surface area contributed by atoms with Gasteiger partial charge in [0.25, 0.3) is 5.91 Å². The third kappa shape index (κ3) is 1.88. The highest BCUT2D eigenvalue weighted by Crippen LogP contribution is 2.38. The van der Waals surface area contributed by atoms with Crippen molar-refractivity contribution in [3.63, 3.8) is 0 Å². The number of imide groups is 3. The molecule has 1 fully saturated rings. The lowest BCUT2D eigenvalue weighted by atomic mass is 9.82. The summed E-state index contributed by atoms with van der Waals surface area (Å²) in [6.45, 7) is 1.95. The second-order valence-corrected chi connectivity index (χ2v) is 5.39. The van der Waals surface area contributed by atoms with Crippen molar-refractivity contribution in [3.05, 3.63) is 47.5 Å². The van der Waals surface area contributed by atoms with Gasteiger partial charge in [0.1, 0.15) is 0 Å². The minimum atomic E-state index is -0.507. The Morgan fingerprint density at radius 3 is 2.45 bits per heavy atom. The fourth-order valence-corrected chi connectivity index (χ4v) is 2.95. The molecule has 102 valence electrons. The van der Waals surface area contributed by atoms with Gasteiger partial charge in [0.2, 0.25) is 11.8 Å². The predicted molar refractivity (Wildman–Crippen MR) is 72.6 cm³/mol. The predicted octanol–water partition coefficient (Wildman–Crippen LogP) is 2.17. The Kier molecular flexibility index (Phi) is 3.01. The maximum atomic E-state index is 12.4. The van der Waals surface area contributed by atoms with Crippen molar-refractivity contribution in [2.75, 3.05) is 0 Å². The van der Waals surface area contributed by atoms with Crippen LogP contribution in [0, 0.1) is 11.8 Å². The summed E-state index contributed by atoms with van der Waals surface area (Å²) in [6, 6.07) is 8.47. The highest BCUT2D eigenvalue weighted by atomic mass is 16.2. The number of hydrogen-bond donors (Lipinski definition) is 0. The van der Waals surface area contributed by atoms with E-state index in [0.29, 0.717) is 18.4 Å². The number of amides is 3. The third-order valence-corrected chi connectivity index (χ3v) is 4.05. The molecular formula is C16H15NO3. The molecule has 20 heavy (non-hydrogen) atoms. The number of hydrogen-bond acceptors (Lipinski definition) is 3. The van der Waals surface area contributed by atoms with Crippen LogP contribution in [0.3, 0.4) is 0 Å². The van der Waals surface area contributed by atoms with Crippen LogP contribution in [0.5, 0.6) is 0 Å². The molecule has 0 radical (unpaired) electrons. The Hall–Kier alpha value is -2.23. The molecule has 2 aliphatic rings. The van der Waals surface area contributed by atoms with E-state index in [0.717, 1.165) is 10.5 Å². The highest BCUT2D eigenvalue weighted by molar-refractivity contribution is 6.21. The number of benzene rings is 1. The Morgan fingerprint density at radius 2 is 1.75 bits per heavy atom. The molecule has 0 aromatic heterocycles. The Bertz CT molecular complexity index is 618. The summed E-state index contributed by atoms with van der Waals surface area (Å²) in [5.74, 6) is -1.93. The van der Waals surface area contributed by atoms with Crippen molar-refractivity contribution >= 4 is 17.7 Å². The molecule has 0 saturated carbocycles. The first-order valence-corrected chi connectivity index (χ1v) is 6.72. The van der Waals surface area contributed by atoms with Crippen molar-refractivity contribution < 1.29 is 14.4 Å². The van der Waals surface area contributed by atoms with Gasteiger partial charge in [0.05, 0.1) is 11.8 Å². The van der Waals surface area contributed by atoms with E-state index in [-0.39, 0.29) is 23.7 Å². The fourth-order valence-electron chi connectivity index (χ4n) is 2.95. The first-order chi connectivity index (χ1) is 9.59. The molecule has 3 rings (SSSR count). The van der Waals surface area contributed by atoms with Crippen LogP contribution in [-0.4, -0.2) is 22.6 Å². The Morgan fingerprint density at radius 1 is 1.10 bits per heavy atom. The van der Waals surface area contributed by atoms with Crippen molar-refractivity contribution in [2.24, 2.45) is 11.8 Å². The minimum absolute atomic E-state index is 0.346. The summed E-state index contributed by atoms with van der Waals surface area (Å²) in [4.78, 5) is 37.9. The molecule has 2 atom stereocenters. The standard InChI is InChI=1S/C16H15NO3/c1-10-7-8-12-13(9-10)16(20)17(15(12)19)14(18)11-5-3-2-4-6-11/h2-7,12-13H,8-9H2,1H3. The monoisotopic (exact) mass is 269 g/mol. The Labute approximate surface area is 117 Å². The molecule has 3 amide bonds. The van der Waals surface area contributed by atoms with E-state index >= 15 is 0 Å². The van der Waals surface area contributed by atoms with Gasteiger partial charge in [-0.2, -0.15) is 0 Å². The molecular weight excluding hydrogens is 254 g/mol. The van der Waals surface area contributed by atoms with E-state index in [4.69, 9.17) is 0 Å². The molecule has 1 aromatic carbocycles. The van der Waals surface area contributed by atoms with Gasteiger partial charge in [-0.3, -0.25) is 14.4 Å². The van der Waals surface area contributed by atoms with Gasteiger partial charge in [-0.1, -0.05) is 29.8 Å². The molecule has 4 nitrogen and oxygen atoms in total. The second-order valence-electron chi connectivity index (χ2n) is 5.39. The molecule has 1 heterocycles. The number of nitrogens with zero attached hydrogens (tertiary/aromatic N) is 1. The van der Waals surface area contributed by atoms with Crippen LogP contribution in [0.25, 0.3) is 0 Å². The molecule has 1 aromatic rings. The summed E-state index contributed by atoms with van der Waals surface area (Å²) < 4.78 is 0. The maximum Gasteiger partial charge on any atom is 0.267 e. The van der Waals surface area contributed by atoms with Crippen LogP contribution in [-0.2, 0) is 9.59 Å². The molecule has 4 heteroatoms. The van der Waals surface area contributed by atoms with Crippen molar-refractivity contribution in [2.45, 2.75) is 19.8 Å². The van der Waals surface area contributed by atoms with Crippen molar-refractivity contribution in [1.82, 2.24) is 4.90 Å². The van der Waals surface area contributed by atoms with Gasteiger partial charge in [-0.25, -0.2) is 4.90 Å². The number of carbonyl (C=O) groups is 3. The summed E-state index contributed by atoms with van der Waals surface area (Å²) in [7, 11) is 0. The van der Waals surface area contributed by atoms with Crippen LogP contribution in [0.4, 0.5) is 0 Å². The average Bonchev–Trinajstić information content (AvgIpc) is 2.71. The first-order valence-electron chi connectivity index (χ1n) is 6.72. The topological polar surface area (TPSA) is 54.5 Å². The molecule has 2 unspecified atom stereocenters. The van der Waals surface area contributed by atoms with E-state index in [9.17, 15) is 14.4 Å².